The Morgan fingerprint density at radius 2 is 1.63 bits per heavy atom. The summed E-state index contributed by atoms with van der Waals surface area (Å²) in [6, 6.07) is 12.6. The monoisotopic (exact) mass is 482 g/mol. The number of nitro groups is 1. The van der Waals surface area contributed by atoms with Crippen molar-refractivity contribution < 1.29 is 28.4 Å². The van der Waals surface area contributed by atoms with Crippen LogP contribution < -0.4 is 10.2 Å². The molecule has 1 aliphatic heterocycles. The number of phenols is 1. The molecule has 1 heterocycles. The van der Waals surface area contributed by atoms with Gasteiger partial charge >= 0.3 is 0 Å². The van der Waals surface area contributed by atoms with Gasteiger partial charge in [0.2, 0.25) is 0 Å². The number of hydrogen-bond donors (Lipinski definition) is 2. The number of anilines is 2. The van der Waals surface area contributed by atoms with E-state index in [0.29, 0.717) is 37.9 Å². The molecule has 2 N–H and O–H groups in total. The summed E-state index contributed by atoms with van der Waals surface area (Å²) in [7, 11) is 0. The van der Waals surface area contributed by atoms with Crippen molar-refractivity contribution in [2.75, 3.05) is 36.4 Å². The lowest BCUT2D eigenvalue weighted by atomic mass is 10.1. The van der Waals surface area contributed by atoms with Gasteiger partial charge in [0.25, 0.3) is 17.5 Å². The van der Waals surface area contributed by atoms with Gasteiger partial charge in [0.15, 0.2) is 0 Å². The molecule has 11 heteroatoms. The minimum atomic E-state index is -0.899. The lowest BCUT2D eigenvalue weighted by Gasteiger charge is -2.36. The summed E-state index contributed by atoms with van der Waals surface area (Å²) in [5.41, 5.74) is 0.615. The number of carbonyl (C=O) groups excluding carboxylic acids is 2. The highest BCUT2D eigenvalue weighted by Gasteiger charge is 2.25. The smallest absolute Gasteiger partial charge is 0.271 e. The molecule has 0 radical (unpaired) electrons. The summed E-state index contributed by atoms with van der Waals surface area (Å²) in [5, 5.41) is 23.8. The van der Waals surface area contributed by atoms with Gasteiger partial charge in [0, 0.05) is 67.4 Å². The minimum Gasteiger partial charge on any atom is -0.507 e. The van der Waals surface area contributed by atoms with Crippen molar-refractivity contribution in [3.8, 4) is 5.75 Å². The third-order valence-electron chi connectivity index (χ3n) is 5.58. The molecule has 0 atom stereocenters. The van der Waals surface area contributed by atoms with E-state index in [1.807, 2.05) is 4.90 Å². The highest BCUT2D eigenvalue weighted by atomic mass is 19.1. The molecular weight excluding hydrogens is 462 g/mol. The number of nitro benzene ring substituents is 1. The zero-order chi connectivity index (χ0) is 25.1. The third-order valence-corrected chi connectivity index (χ3v) is 5.58. The molecule has 35 heavy (non-hydrogen) atoms. The van der Waals surface area contributed by atoms with Crippen LogP contribution >= 0.6 is 0 Å². The molecule has 0 aromatic heterocycles. The number of non-ortho nitro benzene ring substituents is 1. The Labute approximate surface area is 198 Å². The van der Waals surface area contributed by atoms with Gasteiger partial charge in [-0.05, 0) is 30.3 Å². The van der Waals surface area contributed by atoms with Crippen molar-refractivity contribution in [2.45, 2.75) is 0 Å². The molecule has 0 bridgehead atoms. The Hall–Kier alpha value is -4.54. The zero-order valence-corrected chi connectivity index (χ0v) is 18.3. The maximum atomic E-state index is 13.3. The van der Waals surface area contributed by atoms with Gasteiger partial charge < -0.3 is 20.2 Å². The number of carbonyl (C=O) groups is 2. The second kappa shape index (κ2) is 9.75. The number of nitrogens with zero attached hydrogens (tertiary/aromatic N) is 3. The molecule has 3 aromatic rings. The van der Waals surface area contributed by atoms with Crippen LogP contribution in [0.5, 0.6) is 5.75 Å². The molecule has 1 aliphatic rings. The Bertz CT molecular complexity index is 1290. The fourth-order valence-electron chi connectivity index (χ4n) is 3.82. The Morgan fingerprint density at radius 1 is 0.943 bits per heavy atom. The molecule has 2 amide bonds. The van der Waals surface area contributed by atoms with Crippen molar-refractivity contribution in [1.29, 1.82) is 0 Å². The van der Waals surface area contributed by atoms with Gasteiger partial charge in [-0.3, -0.25) is 19.7 Å². The van der Waals surface area contributed by atoms with Crippen molar-refractivity contribution in [3.63, 3.8) is 0 Å². The molecule has 0 unspecified atom stereocenters. The van der Waals surface area contributed by atoms with Crippen LogP contribution in [0.4, 0.5) is 25.8 Å². The van der Waals surface area contributed by atoms with E-state index >= 15 is 0 Å². The second-order valence-electron chi connectivity index (χ2n) is 7.90. The summed E-state index contributed by atoms with van der Waals surface area (Å²) in [5.74, 6) is -3.35. The molecule has 4 rings (SSSR count). The van der Waals surface area contributed by atoms with Gasteiger partial charge in [-0.15, -0.1) is 0 Å². The summed E-state index contributed by atoms with van der Waals surface area (Å²) in [4.78, 5) is 39.2. The van der Waals surface area contributed by atoms with Gasteiger partial charge in [0.1, 0.15) is 17.4 Å². The van der Waals surface area contributed by atoms with Crippen molar-refractivity contribution >= 4 is 28.9 Å². The van der Waals surface area contributed by atoms with Gasteiger partial charge in [-0.1, -0.05) is 6.07 Å². The van der Waals surface area contributed by atoms with Crippen molar-refractivity contribution in [3.05, 3.63) is 93.5 Å². The molecule has 0 saturated carbocycles. The molecule has 0 spiro atoms. The molecule has 3 aromatic carbocycles. The summed E-state index contributed by atoms with van der Waals surface area (Å²) in [6.07, 6.45) is 0. The standard InChI is InChI=1S/C24H20F2N4O5/c25-16-10-15(11-17(26)12-16)23(32)27-18-4-5-21(22(31)13-18)24(33)29-8-6-28(7-9-29)19-2-1-3-20(14-19)30(34)35/h1-5,10-14,31H,6-9H2,(H,27,32). The Morgan fingerprint density at radius 3 is 2.26 bits per heavy atom. The first-order valence-corrected chi connectivity index (χ1v) is 10.6. The average molecular weight is 482 g/mol. The molecule has 9 nitrogen and oxygen atoms in total. The normalized spacial score (nSPS) is 13.4. The van der Waals surface area contributed by atoms with Crippen LogP contribution in [0, 0.1) is 21.7 Å². The number of rotatable bonds is 5. The first-order valence-electron chi connectivity index (χ1n) is 10.6. The zero-order valence-electron chi connectivity index (χ0n) is 18.3. The average Bonchev–Trinajstić information content (AvgIpc) is 2.83. The van der Waals surface area contributed by atoms with Gasteiger partial charge in [-0.2, -0.15) is 0 Å². The highest BCUT2D eigenvalue weighted by Crippen LogP contribution is 2.26. The number of hydrogen-bond acceptors (Lipinski definition) is 6. The van der Waals surface area contributed by atoms with Gasteiger partial charge in [-0.25, -0.2) is 8.78 Å². The van der Waals surface area contributed by atoms with Crippen molar-refractivity contribution in [1.82, 2.24) is 4.90 Å². The first-order chi connectivity index (χ1) is 16.7. The van der Waals surface area contributed by atoms with E-state index in [9.17, 15) is 33.6 Å². The molecule has 1 fully saturated rings. The third kappa shape index (κ3) is 5.35. The van der Waals surface area contributed by atoms with E-state index in [-0.39, 0.29) is 28.3 Å². The minimum absolute atomic E-state index is 0.0133. The van der Waals surface area contributed by atoms with E-state index in [2.05, 4.69) is 5.32 Å². The largest absolute Gasteiger partial charge is 0.507 e. The topological polar surface area (TPSA) is 116 Å². The first kappa shape index (κ1) is 23.6. The number of amides is 2. The highest BCUT2D eigenvalue weighted by molar-refractivity contribution is 6.05. The van der Waals surface area contributed by atoms with E-state index < -0.39 is 28.4 Å². The van der Waals surface area contributed by atoms with Crippen LogP contribution in [0.1, 0.15) is 20.7 Å². The van der Waals surface area contributed by atoms with Crippen LogP contribution in [0.25, 0.3) is 0 Å². The van der Waals surface area contributed by atoms with Crippen LogP contribution in [0.2, 0.25) is 0 Å². The number of aromatic hydroxyl groups is 1. The summed E-state index contributed by atoms with van der Waals surface area (Å²) < 4.78 is 26.7. The van der Waals surface area contributed by atoms with Crippen LogP contribution in [-0.4, -0.2) is 52.9 Å². The predicted molar refractivity (Wildman–Crippen MR) is 124 cm³/mol. The Balaban J connectivity index is 1.40. The SMILES string of the molecule is O=C(Nc1ccc(C(=O)N2CCN(c3cccc([N+](=O)[O-])c3)CC2)c(O)c1)c1cc(F)cc(F)c1. The van der Waals surface area contributed by atoms with Crippen LogP contribution in [0.15, 0.2) is 60.7 Å². The van der Waals surface area contributed by atoms with E-state index in [0.717, 1.165) is 12.1 Å². The predicted octanol–water partition coefficient (Wildman–Crippen LogP) is 3.79. The summed E-state index contributed by atoms with van der Waals surface area (Å²) >= 11 is 0. The van der Waals surface area contributed by atoms with E-state index in [1.54, 1.807) is 17.0 Å². The maximum Gasteiger partial charge on any atom is 0.271 e. The number of piperazine rings is 1. The van der Waals surface area contributed by atoms with E-state index in [1.165, 1.54) is 30.3 Å². The number of nitrogens with one attached hydrogen (secondary N) is 1. The molecule has 1 saturated heterocycles. The lowest BCUT2D eigenvalue weighted by molar-refractivity contribution is -0.384. The quantitative estimate of drug-likeness (QED) is 0.422. The van der Waals surface area contributed by atoms with E-state index in [4.69, 9.17) is 0 Å². The fraction of sp³-hybridized carbons (Fsp3) is 0.167. The van der Waals surface area contributed by atoms with Gasteiger partial charge in [0.05, 0.1) is 10.5 Å². The number of benzene rings is 3. The Kier molecular flexibility index (Phi) is 6.58. The van der Waals surface area contributed by atoms with Crippen LogP contribution in [-0.2, 0) is 0 Å². The number of phenolic OH excluding ortho intramolecular Hbond substituents is 1. The molecule has 0 aliphatic carbocycles. The van der Waals surface area contributed by atoms with Crippen LogP contribution in [0.3, 0.4) is 0 Å². The molecule has 180 valence electrons. The number of halogens is 2. The maximum absolute atomic E-state index is 13.3. The molecular formula is C24H20F2N4O5. The lowest BCUT2D eigenvalue weighted by Crippen LogP contribution is -2.48. The fourth-order valence-corrected chi connectivity index (χ4v) is 3.82. The van der Waals surface area contributed by atoms with Crippen molar-refractivity contribution in [2.24, 2.45) is 0 Å². The second-order valence-corrected chi connectivity index (χ2v) is 7.90. The summed E-state index contributed by atoms with van der Waals surface area (Å²) in [6.45, 7) is 1.58.